The minimum Gasteiger partial charge on any atom is -0.459 e. The summed E-state index contributed by atoms with van der Waals surface area (Å²) in [6.07, 6.45) is 8.64. The molecule has 2 atom stereocenters. The third-order valence-electron chi connectivity index (χ3n) is 7.02. The first kappa shape index (κ1) is 20.0. The number of benzene rings is 2. The van der Waals surface area contributed by atoms with Gasteiger partial charge in [0, 0.05) is 23.7 Å². The Morgan fingerprint density at radius 3 is 2.61 bits per heavy atom. The van der Waals surface area contributed by atoms with E-state index in [0.717, 1.165) is 59.8 Å². The maximum absolute atomic E-state index is 13.5. The number of nitrogens with one attached hydrogen (secondary N) is 1. The first-order chi connectivity index (χ1) is 15.1. The van der Waals surface area contributed by atoms with Crippen molar-refractivity contribution < 1.29 is 14.3 Å². The molecule has 160 valence electrons. The van der Waals surface area contributed by atoms with Gasteiger partial charge in [-0.05, 0) is 55.4 Å². The van der Waals surface area contributed by atoms with Crippen LogP contribution in [0.15, 0.2) is 65.5 Å². The molecule has 2 aromatic carbocycles. The number of hydrogen-bond acceptors (Lipinski definition) is 4. The van der Waals surface area contributed by atoms with Crippen LogP contribution in [0.5, 0.6) is 0 Å². The van der Waals surface area contributed by atoms with Crippen molar-refractivity contribution >= 4 is 22.5 Å². The Hall–Kier alpha value is -2.88. The molecule has 1 saturated carbocycles. The molecule has 2 aliphatic carbocycles. The average Bonchev–Trinajstić information content (AvgIpc) is 2.78. The molecule has 4 nitrogen and oxygen atoms in total. The summed E-state index contributed by atoms with van der Waals surface area (Å²) in [6, 6.07) is 14.4. The predicted octanol–water partition coefficient (Wildman–Crippen LogP) is 5.54. The highest BCUT2D eigenvalue weighted by molar-refractivity contribution is 5.98. The quantitative estimate of drug-likeness (QED) is 0.669. The van der Waals surface area contributed by atoms with E-state index in [1.807, 2.05) is 25.1 Å². The van der Waals surface area contributed by atoms with Gasteiger partial charge in [-0.3, -0.25) is 4.79 Å². The molecule has 0 aromatic heterocycles. The number of ether oxygens (including phenoxy) is 1. The zero-order valence-electron chi connectivity index (χ0n) is 18.0. The first-order valence-corrected chi connectivity index (χ1v) is 11.5. The molecule has 2 aromatic rings. The molecule has 0 radical (unpaired) electrons. The number of hydrogen-bond donors (Lipinski definition) is 1. The standard InChI is InChI=1S/C27H29NO3/c1-17-24(27(30)31-19-11-3-2-4-12-19)25(26-22(28-17)15-8-16-23(26)29)21-14-7-10-18-9-5-6-13-20(18)21/h5-7,9-10,13-15,19,25-26,28H,2-4,8,11-12,16H2,1H3. The van der Waals surface area contributed by atoms with Crippen molar-refractivity contribution in [1.82, 2.24) is 5.32 Å². The highest BCUT2D eigenvalue weighted by Gasteiger charge is 2.44. The number of esters is 1. The van der Waals surface area contributed by atoms with Crippen LogP contribution in [-0.2, 0) is 14.3 Å². The number of carbonyl (C=O) groups excluding carboxylic acids is 2. The van der Waals surface area contributed by atoms with Gasteiger partial charge >= 0.3 is 5.97 Å². The highest BCUT2D eigenvalue weighted by atomic mass is 16.5. The van der Waals surface area contributed by atoms with Crippen molar-refractivity contribution in [1.29, 1.82) is 0 Å². The van der Waals surface area contributed by atoms with Crippen molar-refractivity contribution in [2.45, 2.75) is 63.9 Å². The number of carbonyl (C=O) groups is 2. The SMILES string of the molecule is CC1=C(C(=O)OC2CCCCC2)C(c2cccc3ccccc23)C2C(=O)CCC=C2N1. The van der Waals surface area contributed by atoms with Gasteiger partial charge in [-0.1, -0.05) is 55.0 Å². The molecule has 1 heterocycles. The van der Waals surface area contributed by atoms with Gasteiger partial charge in [0.05, 0.1) is 11.5 Å². The topological polar surface area (TPSA) is 55.4 Å². The van der Waals surface area contributed by atoms with Gasteiger partial charge in [-0.2, -0.15) is 0 Å². The van der Waals surface area contributed by atoms with Crippen molar-refractivity contribution in [2.24, 2.45) is 5.92 Å². The molecule has 0 saturated heterocycles. The second-order valence-corrected chi connectivity index (χ2v) is 9.02. The number of fused-ring (bicyclic) bond motifs is 2. The van der Waals surface area contributed by atoms with Gasteiger partial charge in [0.2, 0.25) is 0 Å². The summed E-state index contributed by atoms with van der Waals surface area (Å²) >= 11 is 0. The zero-order chi connectivity index (χ0) is 21.4. The zero-order valence-corrected chi connectivity index (χ0v) is 18.0. The van der Waals surface area contributed by atoms with E-state index in [4.69, 9.17) is 4.74 Å². The lowest BCUT2D eigenvalue weighted by atomic mass is 9.70. The molecule has 31 heavy (non-hydrogen) atoms. The Bertz CT molecular complexity index is 1090. The maximum atomic E-state index is 13.5. The third-order valence-corrected chi connectivity index (χ3v) is 7.02. The lowest BCUT2D eigenvalue weighted by molar-refractivity contribution is -0.146. The van der Waals surface area contributed by atoms with Crippen molar-refractivity contribution in [2.75, 3.05) is 0 Å². The van der Waals surface area contributed by atoms with Crippen LogP contribution in [0.4, 0.5) is 0 Å². The summed E-state index contributed by atoms with van der Waals surface area (Å²) < 4.78 is 6.01. The van der Waals surface area contributed by atoms with E-state index in [9.17, 15) is 9.59 Å². The molecule has 0 bridgehead atoms. The lowest BCUT2D eigenvalue weighted by Crippen LogP contribution is -2.41. The number of rotatable bonds is 3. The van der Waals surface area contributed by atoms with Gasteiger partial charge in [0.25, 0.3) is 0 Å². The normalized spacial score (nSPS) is 24.4. The van der Waals surface area contributed by atoms with E-state index in [1.165, 1.54) is 6.42 Å². The van der Waals surface area contributed by atoms with Gasteiger partial charge in [-0.25, -0.2) is 4.79 Å². The molecule has 4 heteroatoms. The van der Waals surface area contributed by atoms with Crippen molar-refractivity contribution in [3.63, 3.8) is 0 Å². The van der Waals surface area contributed by atoms with Crippen LogP contribution in [0.25, 0.3) is 10.8 Å². The summed E-state index contributed by atoms with van der Waals surface area (Å²) in [5.74, 6) is -0.773. The molecule has 0 amide bonds. The summed E-state index contributed by atoms with van der Waals surface area (Å²) in [5.41, 5.74) is 3.37. The average molecular weight is 416 g/mol. The molecular formula is C27H29NO3. The Labute approximate surface area is 183 Å². The fraction of sp³-hybridized carbons (Fsp3) is 0.407. The van der Waals surface area contributed by atoms with Crippen LogP contribution in [0.2, 0.25) is 0 Å². The van der Waals surface area contributed by atoms with E-state index in [1.54, 1.807) is 0 Å². The molecule has 1 aliphatic heterocycles. The van der Waals surface area contributed by atoms with E-state index in [2.05, 4.69) is 35.7 Å². The van der Waals surface area contributed by atoms with Crippen LogP contribution < -0.4 is 5.32 Å². The first-order valence-electron chi connectivity index (χ1n) is 11.5. The monoisotopic (exact) mass is 415 g/mol. The molecule has 5 rings (SSSR count). The predicted molar refractivity (Wildman–Crippen MR) is 121 cm³/mol. The van der Waals surface area contributed by atoms with Crippen LogP contribution in [0.3, 0.4) is 0 Å². The van der Waals surface area contributed by atoms with Gasteiger partial charge in [0.15, 0.2) is 0 Å². The molecular weight excluding hydrogens is 386 g/mol. The van der Waals surface area contributed by atoms with Crippen LogP contribution in [0.1, 0.15) is 63.4 Å². The number of Topliss-reactive ketones (excluding diaryl/α,β-unsaturated/α-hetero) is 1. The van der Waals surface area contributed by atoms with E-state index in [-0.39, 0.29) is 29.7 Å². The highest BCUT2D eigenvalue weighted by Crippen LogP contribution is 2.46. The minimum absolute atomic E-state index is 0.0197. The lowest BCUT2D eigenvalue weighted by Gasteiger charge is -2.38. The molecule has 3 aliphatic rings. The maximum Gasteiger partial charge on any atom is 0.336 e. The van der Waals surface area contributed by atoms with E-state index < -0.39 is 0 Å². The second-order valence-electron chi connectivity index (χ2n) is 9.02. The second kappa shape index (κ2) is 8.33. The Morgan fingerprint density at radius 1 is 1.00 bits per heavy atom. The fourth-order valence-electron chi connectivity index (χ4n) is 5.54. The number of ketones is 1. The smallest absolute Gasteiger partial charge is 0.336 e. The fourth-order valence-corrected chi connectivity index (χ4v) is 5.54. The van der Waals surface area contributed by atoms with Crippen LogP contribution in [0, 0.1) is 5.92 Å². The number of allylic oxidation sites excluding steroid dienone is 3. The molecule has 1 fully saturated rings. The van der Waals surface area contributed by atoms with Gasteiger partial charge in [-0.15, -0.1) is 0 Å². The van der Waals surface area contributed by atoms with E-state index in [0.29, 0.717) is 12.0 Å². The minimum atomic E-state index is -0.364. The van der Waals surface area contributed by atoms with Crippen LogP contribution >= 0.6 is 0 Å². The van der Waals surface area contributed by atoms with Gasteiger partial charge < -0.3 is 10.1 Å². The Morgan fingerprint density at radius 2 is 1.77 bits per heavy atom. The van der Waals surface area contributed by atoms with Crippen LogP contribution in [-0.4, -0.2) is 17.9 Å². The third kappa shape index (κ3) is 3.69. The Kier molecular flexibility index (Phi) is 5.39. The summed E-state index contributed by atoms with van der Waals surface area (Å²) in [6.45, 7) is 1.94. The van der Waals surface area contributed by atoms with Crippen molar-refractivity contribution in [3.8, 4) is 0 Å². The largest absolute Gasteiger partial charge is 0.459 e. The molecule has 0 spiro atoms. The van der Waals surface area contributed by atoms with Gasteiger partial charge in [0.1, 0.15) is 11.9 Å². The molecule has 1 N–H and O–H groups in total. The molecule has 2 unspecified atom stereocenters. The van der Waals surface area contributed by atoms with Crippen molar-refractivity contribution in [3.05, 3.63) is 71.1 Å². The Balaban J connectivity index is 1.63. The summed E-state index contributed by atoms with van der Waals surface area (Å²) in [7, 11) is 0. The summed E-state index contributed by atoms with van der Waals surface area (Å²) in [5, 5.41) is 5.59. The van der Waals surface area contributed by atoms with E-state index >= 15 is 0 Å². The summed E-state index contributed by atoms with van der Waals surface area (Å²) in [4.78, 5) is 26.7.